The van der Waals surface area contributed by atoms with Gasteiger partial charge in [-0.25, -0.2) is 0 Å². The summed E-state index contributed by atoms with van der Waals surface area (Å²) in [4.78, 5) is 2.56. The van der Waals surface area contributed by atoms with Crippen LogP contribution in [0.4, 0.5) is 0 Å². The maximum Gasteiger partial charge on any atom is 0.134 e. The molecule has 3 nitrogen and oxygen atoms in total. The molecule has 23 heavy (non-hydrogen) atoms. The molecule has 1 fully saturated rings. The third kappa shape index (κ3) is 4.06. The van der Waals surface area contributed by atoms with Gasteiger partial charge in [0.25, 0.3) is 0 Å². The van der Waals surface area contributed by atoms with Crippen molar-refractivity contribution in [3.8, 4) is 11.3 Å². The quantitative estimate of drug-likeness (QED) is 0.798. The lowest BCUT2D eigenvalue weighted by Gasteiger charge is -2.22. The van der Waals surface area contributed by atoms with Crippen molar-refractivity contribution in [2.45, 2.75) is 39.3 Å². The Bertz CT molecular complexity index is 653. The van der Waals surface area contributed by atoms with Crippen molar-refractivity contribution < 1.29 is 4.42 Å². The van der Waals surface area contributed by atoms with E-state index in [9.17, 15) is 0 Å². The largest absolute Gasteiger partial charge is 0.460 e. The Morgan fingerprint density at radius 1 is 1.30 bits per heavy atom. The molecule has 1 saturated heterocycles. The molecular weight excluding hydrogens is 352 g/mol. The maximum absolute atomic E-state index is 6.02. The summed E-state index contributed by atoms with van der Waals surface area (Å²) in [6.45, 7) is 8.60. The van der Waals surface area contributed by atoms with Crippen molar-refractivity contribution in [1.82, 2.24) is 10.2 Å². The first-order valence-corrected chi connectivity index (χ1v) is 9.26. The number of furan rings is 1. The normalized spacial score (nSPS) is 18.7. The molecule has 1 aromatic heterocycles. The van der Waals surface area contributed by atoms with Gasteiger partial charge in [0.05, 0.1) is 6.54 Å². The molecule has 124 valence electrons. The Kier molecular flexibility index (Phi) is 5.57. The van der Waals surface area contributed by atoms with Gasteiger partial charge in [-0.05, 0) is 68.8 Å². The summed E-state index contributed by atoms with van der Waals surface area (Å²) in [6, 6.07) is 11.1. The van der Waals surface area contributed by atoms with Crippen LogP contribution in [-0.2, 0) is 6.54 Å². The summed E-state index contributed by atoms with van der Waals surface area (Å²) in [5.41, 5.74) is 2.38. The molecule has 2 aromatic rings. The molecule has 0 saturated carbocycles. The summed E-state index contributed by atoms with van der Waals surface area (Å²) >= 11 is 3.51. The number of likely N-dealkylation sites (N-methyl/N-ethyl adjacent to an activating group) is 1. The second kappa shape index (κ2) is 7.65. The van der Waals surface area contributed by atoms with Crippen molar-refractivity contribution in [2.24, 2.45) is 0 Å². The lowest BCUT2D eigenvalue weighted by molar-refractivity contribution is 0.258. The second-order valence-electron chi connectivity index (χ2n) is 6.28. The van der Waals surface area contributed by atoms with Crippen LogP contribution in [0.5, 0.6) is 0 Å². The van der Waals surface area contributed by atoms with Crippen molar-refractivity contribution in [3.63, 3.8) is 0 Å². The fourth-order valence-corrected chi connectivity index (χ4v) is 3.90. The van der Waals surface area contributed by atoms with Gasteiger partial charge in [-0.1, -0.05) is 22.9 Å². The highest BCUT2D eigenvalue weighted by molar-refractivity contribution is 9.10. The molecule has 1 unspecified atom stereocenters. The zero-order chi connectivity index (χ0) is 16.2. The molecule has 0 aliphatic carbocycles. The molecule has 4 heteroatoms. The molecule has 1 aliphatic rings. The third-order valence-corrected chi connectivity index (χ3v) is 5.19. The number of nitrogens with zero attached hydrogens (tertiary/aromatic N) is 1. The number of rotatable bonds is 6. The van der Waals surface area contributed by atoms with Crippen LogP contribution >= 0.6 is 15.9 Å². The first-order valence-electron chi connectivity index (χ1n) is 8.47. The van der Waals surface area contributed by atoms with Gasteiger partial charge in [0.1, 0.15) is 11.5 Å². The molecule has 0 bridgehead atoms. The SMILES string of the molecule is CCN1CCCC1CNCc1ccc(-c2ccc(Br)cc2C)o1. The molecule has 0 spiro atoms. The third-order valence-electron chi connectivity index (χ3n) is 4.70. The van der Waals surface area contributed by atoms with E-state index in [0.29, 0.717) is 6.04 Å². The van der Waals surface area contributed by atoms with Crippen molar-refractivity contribution >= 4 is 15.9 Å². The highest BCUT2D eigenvalue weighted by Gasteiger charge is 2.22. The predicted molar refractivity (Wildman–Crippen MR) is 98.6 cm³/mol. The van der Waals surface area contributed by atoms with Gasteiger partial charge in [0.15, 0.2) is 0 Å². The van der Waals surface area contributed by atoms with E-state index < -0.39 is 0 Å². The van der Waals surface area contributed by atoms with E-state index in [1.54, 1.807) is 0 Å². The monoisotopic (exact) mass is 376 g/mol. The van der Waals surface area contributed by atoms with E-state index in [1.165, 1.54) is 24.9 Å². The summed E-state index contributed by atoms with van der Waals surface area (Å²) in [7, 11) is 0. The van der Waals surface area contributed by atoms with Gasteiger partial charge in [-0.2, -0.15) is 0 Å². The van der Waals surface area contributed by atoms with E-state index in [-0.39, 0.29) is 0 Å². The fourth-order valence-electron chi connectivity index (χ4n) is 3.43. The maximum atomic E-state index is 6.02. The van der Waals surface area contributed by atoms with E-state index >= 15 is 0 Å². The first-order chi connectivity index (χ1) is 11.2. The van der Waals surface area contributed by atoms with Gasteiger partial charge < -0.3 is 9.73 Å². The highest BCUT2D eigenvalue weighted by atomic mass is 79.9. The fraction of sp³-hybridized carbons (Fsp3) is 0.474. The van der Waals surface area contributed by atoms with Gasteiger partial charge in [0, 0.05) is 22.6 Å². The van der Waals surface area contributed by atoms with E-state index in [4.69, 9.17) is 4.42 Å². The summed E-state index contributed by atoms with van der Waals surface area (Å²) in [5.74, 6) is 1.95. The smallest absolute Gasteiger partial charge is 0.134 e. The van der Waals surface area contributed by atoms with E-state index in [2.05, 4.69) is 70.3 Å². The zero-order valence-corrected chi connectivity index (χ0v) is 15.5. The van der Waals surface area contributed by atoms with Crippen LogP contribution in [0.25, 0.3) is 11.3 Å². The molecule has 2 heterocycles. The molecule has 0 amide bonds. The van der Waals surface area contributed by atoms with Crippen molar-refractivity contribution in [3.05, 3.63) is 46.1 Å². The lowest BCUT2D eigenvalue weighted by atomic mass is 10.1. The Morgan fingerprint density at radius 3 is 2.96 bits per heavy atom. The number of hydrogen-bond acceptors (Lipinski definition) is 3. The molecule has 1 aliphatic heterocycles. The van der Waals surface area contributed by atoms with Crippen LogP contribution < -0.4 is 5.32 Å². The van der Waals surface area contributed by atoms with E-state index in [0.717, 1.165) is 41.2 Å². The number of likely N-dealkylation sites (tertiary alicyclic amines) is 1. The number of aryl methyl sites for hydroxylation is 1. The summed E-state index contributed by atoms with van der Waals surface area (Å²) < 4.78 is 7.12. The summed E-state index contributed by atoms with van der Waals surface area (Å²) in [6.07, 6.45) is 2.64. The van der Waals surface area contributed by atoms with Gasteiger partial charge >= 0.3 is 0 Å². The topological polar surface area (TPSA) is 28.4 Å². The Balaban J connectivity index is 1.57. The van der Waals surface area contributed by atoms with Gasteiger partial charge in [-0.15, -0.1) is 0 Å². The molecule has 0 radical (unpaired) electrons. The van der Waals surface area contributed by atoms with Crippen LogP contribution in [0, 0.1) is 6.92 Å². The number of nitrogens with one attached hydrogen (secondary N) is 1. The first kappa shape index (κ1) is 16.7. The Labute approximate surface area is 147 Å². The Hall–Kier alpha value is -1.10. The minimum Gasteiger partial charge on any atom is -0.460 e. The van der Waals surface area contributed by atoms with Crippen LogP contribution in [0.15, 0.2) is 39.2 Å². The Morgan fingerprint density at radius 2 is 2.17 bits per heavy atom. The second-order valence-corrected chi connectivity index (χ2v) is 7.20. The molecule has 3 rings (SSSR count). The zero-order valence-electron chi connectivity index (χ0n) is 13.9. The number of hydrogen-bond donors (Lipinski definition) is 1. The number of halogens is 1. The van der Waals surface area contributed by atoms with Crippen LogP contribution in [0.1, 0.15) is 31.1 Å². The lowest BCUT2D eigenvalue weighted by Crippen LogP contribution is -2.37. The number of benzene rings is 1. The minimum atomic E-state index is 0.683. The summed E-state index contributed by atoms with van der Waals surface area (Å²) in [5, 5.41) is 3.55. The molecule has 1 N–H and O–H groups in total. The van der Waals surface area contributed by atoms with Gasteiger partial charge in [-0.3, -0.25) is 4.90 Å². The standard InChI is InChI=1S/C19H25BrN2O/c1-3-22-10-4-5-16(22)12-21-13-17-7-9-19(23-17)18-8-6-15(20)11-14(18)2/h6-9,11,16,21H,3-5,10,12-13H2,1-2H3. The van der Waals surface area contributed by atoms with Crippen molar-refractivity contribution in [2.75, 3.05) is 19.6 Å². The molecule has 1 aromatic carbocycles. The minimum absolute atomic E-state index is 0.683. The molecular formula is C19H25BrN2O. The average molecular weight is 377 g/mol. The highest BCUT2D eigenvalue weighted by Crippen LogP contribution is 2.27. The average Bonchev–Trinajstić information content (AvgIpc) is 3.16. The molecule has 1 atom stereocenters. The van der Waals surface area contributed by atoms with Crippen LogP contribution in [0.2, 0.25) is 0 Å². The van der Waals surface area contributed by atoms with Gasteiger partial charge in [0.2, 0.25) is 0 Å². The predicted octanol–water partition coefficient (Wildman–Crippen LogP) is 4.59. The van der Waals surface area contributed by atoms with Crippen LogP contribution in [-0.4, -0.2) is 30.6 Å². The van der Waals surface area contributed by atoms with Crippen LogP contribution in [0.3, 0.4) is 0 Å². The van der Waals surface area contributed by atoms with E-state index in [1.807, 2.05) is 0 Å². The van der Waals surface area contributed by atoms with Crippen molar-refractivity contribution in [1.29, 1.82) is 0 Å².